The molecule has 37 heavy (non-hydrogen) atoms. The highest BCUT2D eigenvalue weighted by Crippen LogP contribution is 2.25. The van der Waals surface area contributed by atoms with Crippen molar-refractivity contribution in [1.82, 2.24) is 0 Å². The predicted octanol–water partition coefficient (Wildman–Crippen LogP) is 5.65. The van der Waals surface area contributed by atoms with Gasteiger partial charge >= 0.3 is 0 Å². The van der Waals surface area contributed by atoms with Gasteiger partial charge in [-0.15, -0.1) is 0 Å². The minimum absolute atomic E-state index is 0.0618. The van der Waals surface area contributed by atoms with E-state index in [1.165, 1.54) is 0 Å². The number of anilines is 2. The van der Waals surface area contributed by atoms with E-state index in [4.69, 9.17) is 18.9 Å². The van der Waals surface area contributed by atoms with Gasteiger partial charge in [-0.2, -0.15) is 0 Å². The molecule has 0 aliphatic carbocycles. The highest BCUT2D eigenvalue weighted by Gasteiger charge is 2.10. The van der Waals surface area contributed by atoms with Crippen molar-refractivity contribution in [1.29, 1.82) is 0 Å². The smallest absolute Gasteiger partial charge is 0.243 e. The second-order valence-electron chi connectivity index (χ2n) is 7.91. The van der Waals surface area contributed by atoms with Crippen molar-refractivity contribution in [2.75, 3.05) is 43.6 Å². The zero-order chi connectivity index (χ0) is 25.5. The number of nitrogens with one attached hydrogen (secondary N) is 2. The van der Waals surface area contributed by atoms with Crippen LogP contribution < -0.4 is 29.6 Å². The normalized spacial score (nSPS) is 10.3. The molecule has 7 nitrogen and oxygen atoms in total. The molecule has 0 aliphatic heterocycles. The number of carbonyl (C=O) groups excluding carboxylic acids is 1. The number of para-hydroxylation sites is 6. The van der Waals surface area contributed by atoms with Crippen molar-refractivity contribution in [3.05, 3.63) is 109 Å². The third kappa shape index (κ3) is 8.50. The molecule has 0 saturated carbocycles. The molecule has 0 fully saturated rings. The van der Waals surface area contributed by atoms with Gasteiger partial charge in [0, 0.05) is 0 Å². The molecule has 2 N–H and O–H groups in total. The Morgan fingerprint density at radius 2 is 0.946 bits per heavy atom. The SMILES string of the molecule is O=C(CNc1ccccc1OCCOc1ccccc1)Nc1ccccc1OCCOc1ccccc1. The van der Waals surface area contributed by atoms with Crippen LogP contribution >= 0.6 is 0 Å². The van der Waals surface area contributed by atoms with Gasteiger partial charge in [-0.25, -0.2) is 0 Å². The Morgan fingerprint density at radius 3 is 1.51 bits per heavy atom. The van der Waals surface area contributed by atoms with Crippen LogP contribution in [0.15, 0.2) is 109 Å². The molecule has 4 aromatic carbocycles. The minimum atomic E-state index is -0.209. The lowest BCUT2D eigenvalue weighted by Crippen LogP contribution is -2.22. The van der Waals surface area contributed by atoms with Gasteiger partial charge in [0.1, 0.15) is 49.4 Å². The van der Waals surface area contributed by atoms with E-state index in [0.29, 0.717) is 43.6 Å². The fourth-order valence-corrected chi connectivity index (χ4v) is 3.46. The number of rotatable bonds is 14. The second kappa shape index (κ2) is 14.0. The molecule has 4 rings (SSSR count). The topological polar surface area (TPSA) is 78.1 Å². The van der Waals surface area contributed by atoms with Gasteiger partial charge in [0.25, 0.3) is 0 Å². The van der Waals surface area contributed by atoms with Crippen LogP contribution in [0, 0.1) is 0 Å². The summed E-state index contributed by atoms with van der Waals surface area (Å²) in [6.45, 7) is 1.58. The van der Waals surface area contributed by atoms with Gasteiger partial charge in [0.05, 0.1) is 17.9 Å². The van der Waals surface area contributed by atoms with Crippen LogP contribution in [0.5, 0.6) is 23.0 Å². The van der Waals surface area contributed by atoms with E-state index in [0.717, 1.165) is 17.2 Å². The number of hydrogen-bond donors (Lipinski definition) is 2. The second-order valence-corrected chi connectivity index (χ2v) is 7.91. The molecular weight excluding hydrogens is 468 g/mol. The van der Waals surface area contributed by atoms with Gasteiger partial charge in [0.15, 0.2) is 0 Å². The first-order valence-corrected chi connectivity index (χ1v) is 12.1. The van der Waals surface area contributed by atoms with Gasteiger partial charge in [-0.1, -0.05) is 60.7 Å². The largest absolute Gasteiger partial charge is 0.490 e. The average molecular weight is 499 g/mol. The van der Waals surface area contributed by atoms with E-state index < -0.39 is 0 Å². The maximum atomic E-state index is 12.7. The predicted molar refractivity (Wildman–Crippen MR) is 145 cm³/mol. The first-order valence-electron chi connectivity index (χ1n) is 12.1. The van der Waals surface area contributed by atoms with Crippen molar-refractivity contribution in [2.45, 2.75) is 0 Å². The molecule has 1 amide bonds. The Bertz CT molecular complexity index is 1230. The fourth-order valence-electron chi connectivity index (χ4n) is 3.46. The lowest BCUT2D eigenvalue weighted by Gasteiger charge is -2.15. The van der Waals surface area contributed by atoms with Crippen LogP contribution in [-0.2, 0) is 4.79 Å². The number of ether oxygens (including phenoxy) is 4. The summed E-state index contributed by atoms with van der Waals surface area (Å²) >= 11 is 0. The van der Waals surface area contributed by atoms with E-state index in [1.807, 2.05) is 103 Å². The highest BCUT2D eigenvalue weighted by molar-refractivity contribution is 5.95. The molecule has 0 bridgehead atoms. The van der Waals surface area contributed by atoms with E-state index in [2.05, 4.69) is 10.6 Å². The number of amides is 1. The summed E-state index contributed by atoms with van der Waals surface area (Å²) in [5.41, 5.74) is 1.32. The van der Waals surface area contributed by atoms with E-state index in [1.54, 1.807) is 6.07 Å². The summed E-state index contributed by atoms with van der Waals surface area (Å²) in [5.74, 6) is 2.59. The van der Waals surface area contributed by atoms with Gasteiger partial charge in [-0.3, -0.25) is 4.79 Å². The Labute approximate surface area is 217 Å². The highest BCUT2D eigenvalue weighted by atomic mass is 16.5. The van der Waals surface area contributed by atoms with Crippen LogP contribution in [-0.4, -0.2) is 38.9 Å². The van der Waals surface area contributed by atoms with Crippen LogP contribution in [0.25, 0.3) is 0 Å². The first-order chi connectivity index (χ1) is 18.3. The summed E-state index contributed by atoms with van der Waals surface area (Å²) in [5, 5.41) is 6.04. The Hall–Kier alpha value is -4.65. The van der Waals surface area contributed by atoms with Gasteiger partial charge in [-0.05, 0) is 48.5 Å². The molecule has 190 valence electrons. The molecule has 0 radical (unpaired) electrons. The molecule has 0 aliphatic rings. The van der Waals surface area contributed by atoms with Gasteiger partial charge < -0.3 is 29.6 Å². The van der Waals surface area contributed by atoms with Crippen molar-refractivity contribution in [3.63, 3.8) is 0 Å². The molecule has 0 spiro atoms. The number of benzene rings is 4. The Morgan fingerprint density at radius 1 is 0.514 bits per heavy atom. The van der Waals surface area contributed by atoms with Crippen molar-refractivity contribution in [2.24, 2.45) is 0 Å². The summed E-state index contributed by atoms with van der Waals surface area (Å²) < 4.78 is 23.0. The van der Waals surface area contributed by atoms with E-state index in [9.17, 15) is 4.79 Å². The van der Waals surface area contributed by atoms with Crippen molar-refractivity contribution < 1.29 is 23.7 Å². The van der Waals surface area contributed by atoms with Crippen molar-refractivity contribution >= 4 is 17.3 Å². The summed E-state index contributed by atoms with van der Waals surface area (Å²) in [6.07, 6.45) is 0. The monoisotopic (exact) mass is 498 g/mol. The molecule has 7 heteroatoms. The molecule has 0 heterocycles. The molecule has 0 saturated heterocycles. The Kier molecular flexibility index (Phi) is 9.66. The summed E-state index contributed by atoms with van der Waals surface area (Å²) in [6, 6.07) is 33.9. The number of hydrogen-bond acceptors (Lipinski definition) is 6. The quantitative estimate of drug-likeness (QED) is 0.219. The van der Waals surface area contributed by atoms with Crippen LogP contribution in [0.1, 0.15) is 0 Å². The lowest BCUT2D eigenvalue weighted by atomic mass is 10.2. The molecular formula is C30H30N2O5. The maximum absolute atomic E-state index is 12.7. The number of carbonyl (C=O) groups is 1. The van der Waals surface area contributed by atoms with Crippen LogP contribution in [0.4, 0.5) is 11.4 Å². The fraction of sp³-hybridized carbons (Fsp3) is 0.167. The zero-order valence-corrected chi connectivity index (χ0v) is 20.5. The average Bonchev–Trinajstić information content (AvgIpc) is 2.95. The standard InChI is InChI=1S/C30H30N2O5/c33-30(32-27-16-8-10-18-29(27)37-22-20-35-25-13-5-2-6-14-25)23-31-26-15-7-9-17-28(26)36-21-19-34-24-11-3-1-4-12-24/h1-18,31H,19-23H2,(H,32,33). The minimum Gasteiger partial charge on any atom is -0.490 e. The summed E-state index contributed by atoms with van der Waals surface area (Å²) in [4.78, 5) is 12.7. The maximum Gasteiger partial charge on any atom is 0.243 e. The molecule has 4 aromatic rings. The third-order valence-electron chi connectivity index (χ3n) is 5.19. The Balaban J connectivity index is 1.22. The van der Waals surface area contributed by atoms with E-state index in [-0.39, 0.29) is 12.5 Å². The third-order valence-corrected chi connectivity index (χ3v) is 5.19. The van der Waals surface area contributed by atoms with Gasteiger partial charge in [0.2, 0.25) is 5.91 Å². The first kappa shape index (κ1) is 25.4. The summed E-state index contributed by atoms with van der Waals surface area (Å²) in [7, 11) is 0. The molecule has 0 unspecified atom stereocenters. The molecule has 0 aromatic heterocycles. The lowest BCUT2D eigenvalue weighted by molar-refractivity contribution is -0.114. The zero-order valence-electron chi connectivity index (χ0n) is 20.5. The van der Waals surface area contributed by atoms with E-state index >= 15 is 0 Å². The van der Waals surface area contributed by atoms with Crippen LogP contribution in [0.3, 0.4) is 0 Å². The van der Waals surface area contributed by atoms with Crippen molar-refractivity contribution in [3.8, 4) is 23.0 Å². The van der Waals surface area contributed by atoms with Crippen LogP contribution in [0.2, 0.25) is 0 Å². The molecule has 0 atom stereocenters.